The van der Waals surface area contributed by atoms with Gasteiger partial charge in [-0.15, -0.1) is 11.8 Å². The summed E-state index contributed by atoms with van der Waals surface area (Å²) in [6.07, 6.45) is -4.26. The van der Waals surface area contributed by atoms with Crippen LogP contribution in [0.2, 0.25) is 0 Å². The summed E-state index contributed by atoms with van der Waals surface area (Å²) in [5.41, 5.74) is 1.48. The normalized spacial score (nSPS) is 11.6. The van der Waals surface area contributed by atoms with E-state index in [0.29, 0.717) is 5.75 Å². The lowest BCUT2D eigenvalue weighted by atomic mass is 10.1. The molecule has 0 unspecified atom stereocenters. The molecule has 0 saturated heterocycles. The molecule has 0 heterocycles. The molecule has 0 aliphatic carbocycles. The van der Waals surface area contributed by atoms with Gasteiger partial charge in [0.1, 0.15) is 0 Å². The maximum atomic E-state index is 12.4. The maximum absolute atomic E-state index is 12.4. The summed E-state index contributed by atoms with van der Waals surface area (Å²) in [4.78, 5) is 1.12. The van der Waals surface area contributed by atoms with E-state index in [1.165, 1.54) is 17.7 Å². The number of aryl methyl sites for hydroxylation is 1. The van der Waals surface area contributed by atoms with Crippen molar-refractivity contribution < 1.29 is 13.2 Å². The summed E-state index contributed by atoms with van der Waals surface area (Å²) in [5.74, 6) is 0.668. The van der Waals surface area contributed by atoms with E-state index in [2.05, 4.69) is 0 Å². The van der Waals surface area contributed by atoms with Gasteiger partial charge in [-0.1, -0.05) is 29.8 Å². The molecule has 0 N–H and O–H groups in total. The van der Waals surface area contributed by atoms with Gasteiger partial charge in [0.2, 0.25) is 0 Å². The van der Waals surface area contributed by atoms with E-state index in [4.69, 9.17) is 0 Å². The van der Waals surface area contributed by atoms with Crippen LogP contribution in [0.5, 0.6) is 0 Å². The first-order valence-corrected chi connectivity index (χ1v) is 6.79. The van der Waals surface area contributed by atoms with Gasteiger partial charge < -0.3 is 0 Å². The molecular formula is C15H13F3S. The Morgan fingerprint density at radius 1 is 0.895 bits per heavy atom. The number of thioether (sulfide) groups is 1. The first-order valence-electron chi connectivity index (χ1n) is 5.81. The fourth-order valence-electron chi connectivity index (χ4n) is 1.59. The molecule has 0 fully saturated rings. The number of alkyl halides is 3. The van der Waals surface area contributed by atoms with Crippen molar-refractivity contribution in [1.82, 2.24) is 0 Å². The zero-order valence-electron chi connectivity index (χ0n) is 10.4. The highest BCUT2D eigenvalue weighted by molar-refractivity contribution is 7.98. The minimum absolute atomic E-state index is 0.600. The number of hydrogen-bond acceptors (Lipinski definition) is 1. The summed E-state index contributed by atoms with van der Waals surface area (Å²) in [6.45, 7) is 2.02. The highest BCUT2D eigenvalue weighted by atomic mass is 32.2. The lowest BCUT2D eigenvalue weighted by Crippen LogP contribution is -2.04. The fourth-order valence-corrected chi connectivity index (χ4v) is 2.45. The molecule has 0 spiro atoms. The Morgan fingerprint density at radius 3 is 2.00 bits per heavy atom. The summed E-state index contributed by atoms with van der Waals surface area (Å²) in [6, 6.07) is 13.4. The van der Waals surface area contributed by atoms with Crippen molar-refractivity contribution in [3.8, 4) is 0 Å². The third-order valence-corrected chi connectivity index (χ3v) is 3.79. The Kier molecular flexibility index (Phi) is 4.20. The van der Waals surface area contributed by atoms with Crippen LogP contribution in [0.1, 0.15) is 16.7 Å². The molecule has 19 heavy (non-hydrogen) atoms. The highest BCUT2D eigenvalue weighted by Crippen LogP contribution is 2.30. The van der Waals surface area contributed by atoms with E-state index in [9.17, 15) is 13.2 Å². The van der Waals surface area contributed by atoms with Crippen LogP contribution in [0, 0.1) is 6.92 Å². The number of hydrogen-bond donors (Lipinski definition) is 0. The van der Waals surface area contributed by atoms with Crippen LogP contribution in [0.25, 0.3) is 0 Å². The van der Waals surface area contributed by atoms with Crippen LogP contribution in [0.15, 0.2) is 53.4 Å². The summed E-state index contributed by atoms with van der Waals surface area (Å²) < 4.78 is 37.2. The van der Waals surface area contributed by atoms with E-state index in [-0.39, 0.29) is 0 Å². The average molecular weight is 282 g/mol. The van der Waals surface area contributed by atoms with E-state index >= 15 is 0 Å². The summed E-state index contributed by atoms with van der Waals surface area (Å²) >= 11 is 1.61. The van der Waals surface area contributed by atoms with Crippen LogP contribution >= 0.6 is 11.8 Å². The van der Waals surface area contributed by atoms with Crippen LogP contribution in [0.4, 0.5) is 13.2 Å². The molecule has 2 rings (SSSR count). The predicted molar refractivity (Wildman–Crippen MR) is 72.2 cm³/mol. The van der Waals surface area contributed by atoms with Crippen molar-refractivity contribution in [1.29, 1.82) is 0 Å². The standard InChI is InChI=1S/C15H13F3S/c1-11-2-8-14(9-3-11)19-10-12-4-6-13(7-5-12)15(16,17)18/h2-9H,10H2,1H3. The molecule has 0 atom stereocenters. The first kappa shape index (κ1) is 14.0. The van der Waals surface area contributed by atoms with Gasteiger partial charge in [0.25, 0.3) is 0 Å². The quantitative estimate of drug-likeness (QED) is 0.688. The van der Waals surface area contributed by atoms with Crippen molar-refractivity contribution in [2.24, 2.45) is 0 Å². The Morgan fingerprint density at radius 2 is 1.47 bits per heavy atom. The molecule has 0 bridgehead atoms. The molecule has 100 valence electrons. The summed E-state index contributed by atoms with van der Waals surface area (Å²) in [5, 5.41) is 0. The largest absolute Gasteiger partial charge is 0.416 e. The molecule has 0 amide bonds. The first-order chi connectivity index (χ1) is 8.95. The molecule has 2 aromatic rings. The van der Waals surface area contributed by atoms with E-state index in [1.54, 1.807) is 11.8 Å². The van der Waals surface area contributed by atoms with Crippen LogP contribution in [-0.2, 0) is 11.9 Å². The lowest BCUT2D eigenvalue weighted by Gasteiger charge is -2.07. The van der Waals surface area contributed by atoms with Crippen molar-refractivity contribution in [2.75, 3.05) is 0 Å². The van der Waals surface area contributed by atoms with Gasteiger partial charge in [-0.25, -0.2) is 0 Å². The Balaban J connectivity index is 1.98. The van der Waals surface area contributed by atoms with E-state index in [1.807, 2.05) is 31.2 Å². The van der Waals surface area contributed by atoms with Gasteiger partial charge in [0.05, 0.1) is 5.56 Å². The molecule has 0 saturated carbocycles. The summed E-state index contributed by atoms with van der Waals surface area (Å²) in [7, 11) is 0. The molecule has 0 aliphatic rings. The Bertz CT molecular complexity index is 527. The highest BCUT2D eigenvalue weighted by Gasteiger charge is 2.29. The topological polar surface area (TPSA) is 0 Å². The van der Waals surface area contributed by atoms with Crippen LogP contribution in [0.3, 0.4) is 0 Å². The molecule has 2 aromatic carbocycles. The van der Waals surface area contributed by atoms with Crippen molar-refractivity contribution in [3.63, 3.8) is 0 Å². The fraction of sp³-hybridized carbons (Fsp3) is 0.200. The SMILES string of the molecule is Cc1ccc(SCc2ccc(C(F)(F)F)cc2)cc1. The predicted octanol–water partition coefficient (Wildman–Crippen LogP) is 5.31. The maximum Gasteiger partial charge on any atom is 0.416 e. The van der Waals surface area contributed by atoms with E-state index in [0.717, 1.165) is 22.6 Å². The van der Waals surface area contributed by atoms with Gasteiger partial charge in [0.15, 0.2) is 0 Å². The number of halogens is 3. The van der Waals surface area contributed by atoms with Crippen LogP contribution < -0.4 is 0 Å². The molecule has 0 aromatic heterocycles. The number of rotatable bonds is 3. The molecule has 0 aliphatic heterocycles. The molecular weight excluding hydrogens is 269 g/mol. The average Bonchev–Trinajstić information content (AvgIpc) is 2.37. The Labute approximate surface area is 114 Å². The third kappa shape index (κ3) is 4.03. The second-order valence-corrected chi connectivity index (χ2v) is 5.35. The van der Waals surface area contributed by atoms with E-state index < -0.39 is 11.7 Å². The van der Waals surface area contributed by atoms with Crippen molar-refractivity contribution in [3.05, 3.63) is 65.2 Å². The second kappa shape index (κ2) is 5.70. The van der Waals surface area contributed by atoms with Gasteiger partial charge in [-0.3, -0.25) is 0 Å². The molecule has 0 nitrogen and oxygen atoms in total. The second-order valence-electron chi connectivity index (χ2n) is 4.30. The monoisotopic (exact) mass is 282 g/mol. The van der Waals surface area contributed by atoms with Crippen molar-refractivity contribution in [2.45, 2.75) is 23.7 Å². The molecule has 0 radical (unpaired) electrons. The minimum Gasteiger partial charge on any atom is -0.166 e. The zero-order valence-corrected chi connectivity index (χ0v) is 11.2. The Hall–Kier alpha value is -1.42. The third-order valence-electron chi connectivity index (χ3n) is 2.71. The zero-order chi connectivity index (χ0) is 13.9. The lowest BCUT2D eigenvalue weighted by molar-refractivity contribution is -0.137. The molecule has 4 heteroatoms. The minimum atomic E-state index is -4.26. The van der Waals surface area contributed by atoms with Crippen LogP contribution in [-0.4, -0.2) is 0 Å². The smallest absolute Gasteiger partial charge is 0.166 e. The van der Waals surface area contributed by atoms with Gasteiger partial charge in [0, 0.05) is 10.6 Å². The van der Waals surface area contributed by atoms with Gasteiger partial charge in [-0.05, 0) is 36.8 Å². The van der Waals surface area contributed by atoms with Gasteiger partial charge in [-0.2, -0.15) is 13.2 Å². The van der Waals surface area contributed by atoms with Crippen molar-refractivity contribution >= 4 is 11.8 Å². The van der Waals surface area contributed by atoms with Gasteiger partial charge >= 0.3 is 6.18 Å². The number of benzene rings is 2.